The summed E-state index contributed by atoms with van der Waals surface area (Å²) in [7, 11) is 0. The molecule has 0 aliphatic rings. The van der Waals surface area contributed by atoms with Gasteiger partial charge in [-0.05, 0) is 19.8 Å². The molecule has 0 aromatic heterocycles. The Morgan fingerprint density at radius 1 is 0.696 bits per heavy atom. The molecule has 2 N–H and O–H groups in total. The molecule has 0 spiro atoms. The van der Waals surface area contributed by atoms with Gasteiger partial charge >= 0.3 is 0 Å². The average molecular weight is 324 g/mol. The van der Waals surface area contributed by atoms with Crippen molar-refractivity contribution < 1.29 is 4.79 Å². The highest BCUT2D eigenvalue weighted by molar-refractivity contribution is 5.91. The zero-order valence-electron chi connectivity index (χ0n) is 15.9. The number of allylic oxidation sites excluding steroid dienone is 1. The summed E-state index contributed by atoms with van der Waals surface area (Å²) >= 11 is 0. The van der Waals surface area contributed by atoms with Crippen molar-refractivity contribution in [1.29, 1.82) is 0 Å². The minimum atomic E-state index is -0.286. The van der Waals surface area contributed by atoms with Crippen LogP contribution in [0.2, 0.25) is 0 Å². The Balaban J connectivity index is 3.11. The number of rotatable bonds is 17. The second-order valence-corrected chi connectivity index (χ2v) is 6.99. The van der Waals surface area contributed by atoms with E-state index in [9.17, 15) is 4.79 Å². The van der Waals surface area contributed by atoms with Crippen molar-refractivity contribution in [1.82, 2.24) is 0 Å². The van der Waals surface area contributed by atoms with Crippen LogP contribution in [0.5, 0.6) is 0 Å². The highest BCUT2D eigenvalue weighted by Crippen LogP contribution is 2.13. The third-order valence-electron chi connectivity index (χ3n) is 4.65. The topological polar surface area (TPSA) is 43.1 Å². The Bertz CT molecular complexity index is 296. The molecule has 0 saturated carbocycles. The van der Waals surface area contributed by atoms with Crippen LogP contribution in [0, 0.1) is 0 Å². The van der Waals surface area contributed by atoms with E-state index in [-0.39, 0.29) is 5.91 Å². The minimum absolute atomic E-state index is 0.286. The van der Waals surface area contributed by atoms with Crippen molar-refractivity contribution in [3.8, 4) is 0 Å². The summed E-state index contributed by atoms with van der Waals surface area (Å²) < 4.78 is 0. The molecule has 136 valence electrons. The Morgan fingerprint density at radius 3 is 1.39 bits per heavy atom. The van der Waals surface area contributed by atoms with Crippen LogP contribution < -0.4 is 5.73 Å². The maximum atomic E-state index is 10.8. The molecule has 2 nitrogen and oxygen atoms in total. The van der Waals surface area contributed by atoms with Crippen LogP contribution in [0.25, 0.3) is 0 Å². The fourth-order valence-corrected chi connectivity index (χ4v) is 2.93. The van der Waals surface area contributed by atoms with Gasteiger partial charge in [-0.25, -0.2) is 0 Å². The first-order valence-corrected chi connectivity index (χ1v) is 10.1. The number of primary amides is 1. The second-order valence-electron chi connectivity index (χ2n) is 6.99. The predicted octanol–water partition coefficient (Wildman–Crippen LogP) is 6.68. The molecule has 1 amide bonds. The molecule has 0 unspecified atom stereocenters. The van der Waals surface area contributed by atoms with Crippen molar-refractivity contribution >= 4 is 5.91 Å². The van der Waals surface area contributed by atoms with Gasteiger partial charge in [-0.1, -0.05) is 103 Å². The fraction of sp³-hybridized carbons (Fsp3) is 0.857. The molecule has 0 bridgehead atoms. The van der Waals surface area contributed by atoms with Crippen molar-refractivity contribution in [3.63, 3.8) is 0 Å². The standard InChI is InChI=1S/C21H41NO/c1-3-4-5-6-7-8-9-10-11-12-13-14-15-16-17-18-19-20(2)21(22)23/h19H,3-18H2,1-2H3,(H2,22,23). The van der Waals surface area contributed by atoms with Gasteiger partial charge in [-0.2, -0.15) is 0 Å². The first-order valence-electron chi connectivity index (χ1n) is 10.1. The number of carbonyl (C=O) groups excluding carboxylic acids is 1. The molecule has 0 rings (SSSR count). The van der Waals surface area contributed by atoms with Gasteiger partial charge in [0.1, 0.15) is 0 Å². The van der Waals surface area contributed by atoms with Crippen LogP contribution in [0.4, 0.5) is 0 Å². The van der Waals surface area contributed by atoms with Gasteiger partial charge in [0, 0.05) is 5.57 Å². The van der Waals surface area contributed by atoms with E-state index in [4.69, 9.17) is 5.73 Å². The molecule has 0 aromatic rings. The summed E-state index contributed by atoms with van der Waals surface area (Å²) in [5.41, 5.74) is 5.90. The average Bonchev–Trinajstić information content (AvgIpc) is 2.54. The van der Waals surface area contributed by atoms with Gasteiger partial charge in [0.2, 0.25) is 5.91 Å². The van der Waals surface area contributed by atoms with Gasteiger partial charge in [0.05, 0.1) is 0 Å². The summed E-state index contributed by atoms with van der Waals surface area (Å²) in [6.45, 7) is 4.08. The quantitative estimate of drug-likeness (QED) is 0.235. The molecule has 0 fully saturated rings. The Hall–Kier alpha value is -0.790. The van der Waals surface area contributed by atoms with Gasteiger partial charge in [-0.3, -0.25) is 4.79 Å². The molecular weight excluding hydrogens is 282 g/mol. The van der Waals surface area contributed by atoms with E-state index in [0.29, 0.717) is 5.57 Å². The highest BCUT2D eigenvalue weighted by atomic mass is 16.1. The van der Waals surface area contributed by atoms with Crippen LogP contribution in [0.15, 0.2) is 11.6 Å². The Labute approximate surface area is 145 Å². The van der Waals surface area contributed by atoms with Crippen molar-refractivity contribution in [2.75, 3.05) is 0 Å². The number of unbranched alkanes of at least 4 members (excludes halogenated alkanes) is 15. The number of hydrogen-bond acceptors (Lipinski definition) is 1. The van der Waals surface area contributed by atoms with E-state index in [2.05, 4.69) is 6.92 Å². The summed E-state index contributed by atoms with van der Waals surface area (Å²) in [5.74, 6) is -0.286. The van der Waals surface area contributed by atoms with Crippen molar-refractivity contribution in [3.05, 3.63) is 11.6 Å². The fourth-order valence-electron chi connectivity index (χ4n) is 2.93. The lowest BCUT2D eigenvalue weighted by Crippen LogP contribution is -2.11. The van der Waals surface area contributed by atoms with Crippen molar-refractivity contribution in [2.45, 2.75) is 117 Å². The number of hydrogen-bond donors (Lipinski definition) is 1. The van der Waals surface area contributed by atoms with E-state index in [0.717, 1.165) is 6.42 Å². The van der Waals surface area contributed by atoms with Crippen LogP contribution in [-0.2, 0) is 4.79 Å². The van der Waals surface area contributed by atoms with E-state index in [1.165, 1.54) is 96.3 Å². The van der Waals surface area contributed by atoms with E-state index in [1.807, 2.05) is 6.08 Å². The lowest BCUT2D eigenvalue weighted by molar-refractivity contribution is -0.114. The molecule has 0 radical (unpaired) electrons. The summed E-state index contributed by atoms with van der Waals surface area (Å²) in [5, 5.41) is 0. The van der Waals surface area contributed by atoms with Crippen LogP contribution in [0.1, 0.15) is 117 Å². The summed E-state index contributed by atoms with van der Waals surface area (Å²) in [4.78, 5) is 10.8. The zero-order valence-corrected chi connectivity index (χ0v) is 15.9. The lowest BCUT2D eigenvalue weighted by atomic mass is 10.0. The maximum Gasteiger partial charge on any atom is 0.244 e. The lowest BCUT2D eigenvalue weighted by Gasteiger charge is -2.03. The Kier molecular flexibility index (Phi) is 17.0. The predicted molar refractivity (Wildman–Crippen MR) is 102 cm³/mol. The molecule has 0 aromatic carbocycles. The third kappa shape index (κ3) is 17.4. The van der Waals surface area contributed by atoms with Gasteiger partial charge < -0.3 is 5.73 Å². The Morgan fingerprint density at radius 2 is 1.04 bits per heavy atom. The largest absolute Gasteiger partial charge is 0.366 e. The normalized spacial score (nSPS) is 11.8. The maximum absolute atomic E-state index is 10.8. The van der Waals surface area contributed by atoms with E-state index in [1.54, 1.807) is 6.92 Å². The monoisotopic (exact) mass is 323 g/mol. The SMILES string of the molecule is CCCCCCCCCCCCCCCCCC=C(C)C(N)=O. The van der Waals surface area contributed by atoms with E-state index < -0.39 is 0 Å². The van der Waals surface area contributed by atoms with Gasteiger partial charge in [-0.15, -0.1) is 0 Å². The third-order valence-corrected chi connectivity index (χ3v) is 4.65. The summed E-state index contributed by atoms with van der Waals surface area (Å²) in [6.07, 6.45) is 23.8. The minimum Gasteiger partial charge on any atom is -0.366 e. The number of nitrogens with two attached hydrogens (primary N) is 1. The zero-order chi connectivity index (χ0) is 17.2. The molecule has 0 atom stereocenters. The highest BCUT2D eigenvalue weighted by Gasteiger charge is 1.96. The van der Waals surface area contributed by atoms with Gasteiger partial charge in [0.25, 0.3) is 0 Å². The first-order chi connectivity index (χ1) is 11.2. The van der Waals surface area contributed by atoms with Crippen LogP contribution in [0.3, 0.4) is 0 Å². The molecule has 0 aliphatic heterocycles. The van der Waals surface area contributed by atoms with E-state index >= 15 is 0 Å². The van der Waals surface area contributed by atoms with Crippen molar-refractivity contribution in [2.24, 2.45) is 5.73 Å². The molecule has 0 heterocycles. The summed E-state index contributed by atoms with van der Waals surface area (Å²) in [6, 6.07) is 0. The molecule has 0 aliphatic carbocycles. The smallest absolute Gasteiger partial charge is 0.244 e. The second kappa shape index (κ2) is 17.6. The molecule has 23 heavy (non-hydrogen) atoms. The van der Waals surface area contributed by atoms with Gasteiger partial charge in [0.15, 0.2) is 0 Å². The molecule has 2 heteroatoms. The first kappa shape index (κ1) is 22.2. The van der Waals surface area contributed by atoms with Crippen LogP contribution >= 0.6 is 0 Å². The van der Waals surface area contributed by atoms with Crippen LogP contribution in [-0.4, -0.2) is 5.91 Å². The number of amides is 1. The number of carbonyl (C=O) groups is 1. The molecule has 0 saturated heterocycles. The molecular formula is C21H41NO.